The maximum atomic E-state index is 12.2. The van der Waals surface area contributed by atoms with Crippen LogP contribution in [0.5, 0.6) is 0 Å². The zero-order valence-electron chi connectivity index (χ0n) is 16.9. The molecule has 2 aromatic carbocycles. The molecule has 0 aromatic heterocycles. The fourth-order valence-corrected chi connectivity index (χ4v) is 4.41. The van der Waals surface area contributed by atoms with Crippen molar-refractivity contribution in [2.75, 3.05) is 43.2 Å². The highest BCUT2D eigenvalue weighted by molar-refractivity contribution is 7.99. The topological polar surface area (TPSA) is 35.6 Å². The fourth-order valence-electron chi connectivity index (χ4n) is 3.54. The normalized spacial score (nSPS) is 15.4. The van der Waals surface area contributed by atoms with Gasteiger partial charge in [0.05, 0.1) is 0 Å². The first kappa shape index (κ1) is 20.7. The van der Waals surface area contributed by atoms with Crippen LogP contribution >= 0.6 is 11.8 Å². The lowest BCUT2D eigenvalue weighted by atomic mass is 10.0. The Kier molecular flexibility index (Phi) is 7.80. The van der Waals surface area contributed by atoms with Gasteiger partial charge in [0, 0.05) is 35.8 Å². The average Bonchev–Trinajstić information content (AvgIpc) is 2.73. The van der Waals surface area contributed by atoms with E-state index in [1.807, 2.05) is 30.3 Å². The second-order valence-electron chi connectivity index (χ2n) is 7.51. The van der Waals surface area contributed by atoms with Crippen molar-refractivity contribution in [2.45, 2.75) is 36.6 Å². The molecule has 150 valence electrons. The van der Waals surface area contributed by atoms with Crippen molar-refractivity contribution >= 4 is 29.0 Å². The number of amides is 1. The van der Waals surface area contributed by atoms with Crippen molar-refractivity contribution in [1.82, 2.24) is 4.90 Å². The molecular formula is C23H31N3OS. The fraction of sp³-hybridized carbons (Fsp3) is 0.435. The molecular weight excluding hydrogens is 366 g/mol. The highest BCUT2D eigenvalue weighted by Crippen LogP contribution is 2.23. The Morgan fingerprint density at radius 3 is 2.46 bits per heavy atom. The predicted molar refractivity (Wildman–Crippen MR) is 120 cm³/mol. The lowest BCUT2D eigenvalue weighted by Gasteiger charge is -2.36. The monoisotopic (exact) mass is 397 g/mol. The predicted octanol–water partition coefficient (Wildman–Crippen LogP) is 4.73. The summed E-state index contributed by atoms with van der Waals surface area (Å²) >= 11 is 1.80. The van der Waals surface area contributed by atoms with E-state index >= 15 is 0 Å². The standard InChI is InChI=1S/C23H31N3OS/c1-25-16-14-21(15-17-25)26(2)20-12-10-19(11-13-20)24-23(27)9-6-18-28-22-7-4-3-5-8-22/h3-5,7-8,10-13,21H,6,9,14-18H2,1-2H3,(H,24,27). The molecule has 0 bridgehead atoms. The third-order valence-electron chi connectivity index (χ3n) is 5.35. The van der Waals surface area contributed by atoms with Crippen LogP contribution in [-0.2, 0) is 4.79 Å². The Morgan fingerprint density at radius 1 is 1.11 bits per heavy atom. The summed E-state index contributed by atoms with van der Waals surface area (Å²) in [5, 5.41) is 3.02. The number of hydrogen-bond donors (Lipinski definition) is 1. The van der Waals surface area contributed by atoms with Gasteiger partial charge < -0.3 is 15.1 Å². The number of thioether (sulfide) groups is 1. The molecule has 0 radical (unpaired) electrons. The van der Waals surface area contributed by atoms with E-state index in [-0.39, 0.29) is 5.91 Å². The van der Waals surface area contributed by atoms with Crippen molar-refractivity contribution in [2.24, 2.45) is 0 Å². The second kappa shape index (κ2) is 10.5. The summed E-state index contributed by atoms with van der Waals surface area (Å²) in [7, 11) is 4.36. The van der Waals surface area contributed by atoms with Crippen LogP contribution in [0.3, 0.4) is 0 Å². The van der Waals surface area contributed by atoms with Gasteiger partial charge in [-0.3, -0.25) is 4.79 Å². The summed E-state index contributed by atoms with van der Waals surface area (Å²) in [5.74, 6) is 1.04. The van der Waals surface area contributed by atoms with Gasteiger partial charge >= 0.3 is 0 Å². The SMILES string of the molecule is CN1CCC(N(C)c2ccc(NC(=O)CCCSc3ccccc3)cc2)CC1. The third-order valence-corrected chi connectivity index (χ3v) is 6.45. The van der Waals surface area contributed by atoms with E-state index in [1.165, 1.54) is 23.4 Å². The van der Waals surface area contributed by atoms with Gasteiger partial charge in [-0.1, -0.05) is 18.2 Å². The molecule has 28 heavy (non-hydrogen) atoms. The van der Waals surface area contributed by atoms with Gasteiger partial charge in [0.1, 0.15) is 0 Å². The van der Waals surface area contributed by atoms with Crippen LogP contribution in [0, 0.1) is 0 Å². The van der Waals surface area contributed by atoms with Crippen LogP contribution in [0.2, 0.25) is 0 Å². The molecule has 1 aliphatic rings. The Labute approximate surface area is 173 Å². The summed E-state index contributed by atoms with van der Waals surface area (Å²) in [6, 6.07) is 19.2. The highest BCUT2D eigenvalue weighted by Gasteiger charge is 2.20. The van der Waals surface area contributed by atoms with Crippen molar-refractivity contribution in [3.8, 4) is 0 Å². The number of likely N-dealkylation sites (tertiary alicyclic amines) is 1. The zero-order valence-corrected chi connectivity index (χ0v) is 17.8. The van der Waals surface area contributed by atoms with E-state index in [4.69, 9.17) is 0 Å². The van der Waals surface area contributed by atoms with E-state index in [9.17, 15) is 4.79 Å². The average molecular weight is 398 g/mol. The Morgan fingerprint density at radius 2 is 1.79 bits per heavy atom. The molecule has 2 aromatic rings. The van der Waals surface area contributed by atoms with E-state index in [0.717, 1.165) is 31.0 Å². The van der Waals surface area contributed by atoms with Gasteiger partial charge in [0.25, 0.3) is 0 Å². The maximum Gasteiger partial charge on any atom is 0.224 e. The second-order valence-corrected chi connectivity index (χ2v) is 8.67. The van der Waals surface area contributed by atoms with Crippen LogP contribution in [-0.4, -0.2) is 49.8 Å². The Bertz CT molecular complexity index is 727. The molecule has 0 unspecified atom stereocenters. The number of anilines is 2. The minimum Gasteiger partial charge on any atom is -0.372 e. The molecule has 0 spiro atoms. The van der Waals surface area contributed by atoms with E-state index in [0.29, 0.717) is 12.5 Å². The molecule has 0 aliphatic carbocycles. The lowest BCUT2D eigenvalue weighted by molar-refractivity contribution is -0.116. The zero-order chi connectivity index (χ0) is 19.8. The van der Waals surface area contributed by atoms with Crippen LogP contribution in [0.25, 0.3) is 0 Å². The number of nitrogens with one attached hydrogen (secondary N) is 1. The van der Waals surface area contributed by atoms with E-state index in [1.54, 1.807) is 11.8 Å². The molecule has 1 saturated heterocycles. The number of rotatable bonds is 8. The van der Waals surface area contributed by atoms with Crippen molar-refractivity contribution in [1.29, 1.82) is 0 Å². The molecule has 1 heterocycles. The quantitative estimate of drug-likeness (QED) is 0.516. The molecule has 4 nitrogen and oxygen atoms in total. The summed E-state index contributed by atoms with van der Waals surface area (Å²) in [4.78, 5) is 18.2. The minimum absolute atomic E-state index is 0.0880. The van der Waals surface area contributed by atoms with Crippen molar-refractivity contribution < 1.29 is 4.79 Å². The molecule has 5 heteroatoms. The Balaban J connectivity index is 1.40. The summed E-state index contributed by atoms with van der Waals surface area (Å²) in [5.41, 5.74) is 2.09. The van der Waals surface area contributed by atoms with Crippen LogP contribution in [0.15, 0.2) is 59.5 Å². The first-order valence-electron chi connectivity index (χ1n) is 10.1. The van der Waals surface area contributed by atoms with Gasteiger partial charge in [-0.25, -0.2) is 0 Å². The van der Waals surface area contributed by atoms with E-state index in [2.05, 4.69) is 53.5 Å². The molecule has 1 fully saturated rings. The first-order valence-corrected chi connectivity index (χ1v) is 11.1. The number of nitrogens with zero attached hydrogens (tertiary/aromatic N) is 2. The smallest absolute Gasteiger partial charge is 0.224 e. The largest absolute Gasteiger partial charge is 0.372 e. The molecule has 1 aliphatic heterocycles. The molecule has 1 amide bonds. The molecule has 0 saturated carbocycles. The molecule has 1 N–H and O–H groups in total. The van der Waals surface area contributed by atoms with Crippen LogP contribution in [0.1, 0.15) is 25.7 Å². The first-order chi connectivity index (χ1) is 13.6. The van der Waals surface area contributed by atoms with Gasteiger partial charge in [-0.2, -0.15) is 0 Å². The third kappa shape index (κ3) is 6.28. The van der Waals surface area contributed by atoms with Gasteiger partial charge in [-0.05, 0) is 81.6 Å². The van der Waals surface area contributed by atoms with Gasteiger partial charge in [0.15, 0.2) is 0 Å². The van der Waals surface area contributed by atoms with Crippen molar-refractivity contribution in [3.05, 3.63) is 54.6 Å². The number of carbonyl (C=O) groups excluding carboxylic acids is 1. The number of carbonyl (C=O) groups is 1. The van der Waals surface area contributed by atoms with Crippen LogP contribution < -0.4 is 10.2 Å². The van der Waals surface area contributed by atoms with Crippen LogP contribution in [0.4, 0.5) is 11.4 Å². The maximum absolute atomic E-state index is 12.2. The van der Waals surface area contributed by atoms with E-state index < -0.39 is 0 Å². The Hall–Kier alpha value is -1.98. The number of piperidine rings is 1. The molecule has 0 atom stereocenters. The molecule has 3 rings (SSSR count). The lowest BCUT2D eigenvalue weighted by Crippen LogP contribution is -2.41. The van der Waals surface area contributed by atoms with Gasteiger partial charge in [-0.15, -0.1) is 11.8 Å². The summed E-state index contributed by atoms with van der Waals surface area (Å²) < 4.78 is 0. The van der Waals surface area contributed by atoms with Crippen molar-refractivity contribution in [3.63, 3.8) is 0 Å². The minimum atomic E-state index is 0.0880. The number of benzene rings is 2. The van der Waals surface area contributed by atoms with Gasteiger partial charge in [0.2, 0.25) is 5.91 Å². The number of hydrogen-bond acceptors (Lipinski definition) is 4. The summed E-state index contributed by atoms with van der Waals surface area (Å²) in [6.07, 6.45) is 3.83. The summed E-state index contributed by atoms with van der Waals surface area (Å²) in [6.45, 7) is 2.32. The highest BCUT2D eigenvalue weighted by atomic mass is 32.2.